The second-order valence-electron chi connectivity index (χ2n) is 20.9. The smallest absolute Gasteiger partial charge is 0.252 e. The van der Waals surface area contributed by atoms with Crippen LogP contribution in [0.15, 0.2) is 224 Å². The van der Waals surface area contributed by atoms with Crippen molar-refractivity contribution in [1.29, 1.82) is 0 Å². The molecule has 6 aliphatic rings. The number of fused-ring (bicyclic) bond motifs is 24. The number of aromatic nitrogens is 2. The Hall–Kier alpha value is -8.92. The van der Waals surface area contributed by atoms with E-state index >= 15 is 0 Å². The van der Waals surface area contributed by atoms with Gasteiger partial charge in [0.05, 0.1) is 27.6 Å². The van der Waals surface area contributed by atoms with Gasteiger partial charge in [0, 0.05) is 43.8 Å². The van der Waals surface area contributed by atoms with E-state index in [0.717, 1.165) is 0 Å². The highest BCUT2D eigenvalue weighted by Gasteiger charge is 2.56. The minimum Gasteiger partial charge on any atom is -0.310 e. The molecule has 3 aliphatic carbocycles. The molecule has 11 aromatic carbocycles. The van der Waals surface area contributed by atoms with Gasteiger partial charge in [-0.2, -0.15) is 0 Å². The Kier molecular flexibility index (Phi) is 6.06. The number of nitrogens with zero attached hydrogens (tertiary/aromatic N) is 2. The van der Waals surface area contributed by atoms with Crippen molar-refractivity contribution in [2.45, 2.75) is 10.8 Å². The van der Waals surface area contributed by atoms with Crippen LogP contribution in [0.2, 0.25) is 0 Å². The largest absolute Gasteiger partial charge is 0.310 e. The first-order valence-electron chi connectivity index (χ1n) is 25.2. The molecule has 0 fully saturated rings. The Balaban J connectivity index is 1.05. The molecule has 0 saturated heterocycles. The van der Waals surface area contributed by atoms with E-state index in [-0.39, 0.29) is 6.71 Å². The summed E-state index contributed by atoms with van der Waals surface area (Å²) in [5, 5.41) is 5.26. The zero-order valence-corrected chi connectivity index (χ0v) is 38.3. The Labute approximate surface area is 409 Å². The average molecular weight is 893 g/mol. The van der Waals surface area contributed by atoms with Crippen LogP contribution >= 0.6 is 0 Å². The molecule has 0 atom stereocenters. The molecule has 3 heteroatoms. The van der Waals surface area contributed by atoms with E-state index in [1.54, 1.807) is 0 Å². The molecule has 19 rings (SSSR count). The van der Waals surface area contributed by atoms with Gasteiger partial charge in [0.15, 0.2) is 0 Å². The number of benzene rings is 11. The summed E-state index contributed by atoms with van der Waals surface area (Å²) in [5.41, 5.74) is 32.4. The molecule has 5 heterocycles. The van der Waals surface area contributed by atoms with Crippen LogP contribution in [-0.2, 0) is 10.8 Å². The van der Waals surface area contributed by atoms with Gasteiger partial charge in [0.2, 0.25) is 0 Å². The standard InChI is InChI=1S/C68H37BN2/c1-7-25-50-39(16-1)40-17-2-8-26-51(40)67(50)52-27-9-5-20-43(52)44-35-34-38(36-56(44)67)49-37-57-66-61-65(49)70-60-33-12-6-21-45(60)46-23-14-31-58(63(46)70)69(61)59-32-15-24-48-47-22-13-30-55(62(47)71(66)64(48)59)68(57)53-28-10-3-18-41(53)42-19-4-11-29-54(42)68/h1-37H. The van der Waals surface area contributed by atoms with Crippen LogP contribution in [0.25, 0.3) is 99.5 Å². The first-order chi connectivity index (χ1) is 35.3. The lowest BCUT2D eigenvalue weighted by Gasteiger charge is -2.44. The summed E-state index contributed by atoms with van der Waals surface area (Å²) in [5.74, 6) is 0. The maximum Gasteiger partial charge on any atom is 0.252 e. The molecule has 0 bridgehead atoms. The van der Waals surface area contributed by atoms with E-state index in [2.05, 4.69) is 234 Å². The molecule has 322 valence electrons. The SMILES string of the molecule is c1ccc2c(c1)-c1ccccc1C21c2ccccc2-c2ccc(-c3cc4c5c6c3-n3c7ccccc7c7cccc(c73)B6c3cccc6c7cccc(c7n-5c36)C43c4ccccc4-c4ccccc43)cc21. The summed E-state index contributed by atoms with van der Waals surface area (Å²) in [7, 11) is 0. The Morgan fingerprint density at radius 1 is 0.282 bits per heavy atom. The molecule has 3 aliphatic heterocycles. The number of hydrogen-bond acceptors (Lipinski definition) is 0. The van der Waals surface area contributed by atoms with Crippen molar-refractivity contribution >= 4 is 66.7 Å². The first kappa shape index (κ1) is 36.1. The van der Waals surface area contributed by atoms with Crippen LogP contribution in [0.3, 0.4) is 0 Å². The lowest BCUT2D eigenvalue weighted by molar-refractivity contribution is 0.749. The van der Waals surface area contributed by atoms with Crippen LogP contribution < -0.4 is 16.4 Å². The van der Waals surface area contributed by atoms with E-state index in [4.69, 9.17) is 0 Å². The predicted molar refractivity (Wildman–Crippen MR) is 292 cm³/mol. The van der Waals surface area contributed by atoms with Crippen LogP contribution in [0.1, 0.15) is 44.5 Å². The summed E-state index contributed by atoms with van der Waals surface area (Å²) in [6.45, 7) is 0.00354. The maximum atomic E-state index is 2.73. The van der Waals surface area contributed by atoms with Gasteiger partial charge >= 0.3 is 0 Å². The fourth-order valence-corrected chi connectivity index (χ4v) is 16.1. The molecule has 2 aromatic heterocycles. The highest BCUT2D eigenvalue weighted by Crippen LogP contribution is 2.65. The van der Waals surface area contributed by atoms with Crippen molar-refractivity contribution in [2.75, 3.05) is 0 Å². The lowest BCUT2D eigenvalue weighted by Crippen LogP contribution is -2.60. The lowest BCUT2D eigenvalue weighted by atomic mass is 9.33. The minimum atomic E-state index is -0.583. The van der Waals surface area contributed by atoms with Crippen LogP contribution in [0, 0.1) is 0 Å². The van der Waals surface area contributed by atoms with Crippen LogP contribution in [-0.4, -0.2) is 15.8 Å². The van der Waals surface area contributed by atoms with Gasteiger partial charge in [-0.05, 0) is 118 Å². The average Bonchev–Trinajstić information content (AvgIpc) is 4.22. The highest BCUT2D eigenvalue weighted by atomic mass is 15.1. The van der Waals surface area contributed by atoms with Gasteiger partial charge < -0.3 is 9.13 Å². The zero-order valence-electron chi connectivity index (χ0n) is 38.3. The summed E-state index contributed by atoms with van der Waals surface area (Å²) < 4.78 is 5.42. The van der Waals surface area contributed by atoms with Crippen molar-refractivity contribution in [2.24, 2.45) is 0 Å². The fraction of sp³-hybridized carbons (Fsp3) is 0.0294. The van der Waals surface area contributed by atoms with Crippen molar-refractivity contribution in [3.05, 3.63) is 269 Å². The van der Waals surface area contributed by atoms with Gasteiger partial charge in [0.1, 0.15) is 0 Å². The third kappa shape index (κ3) is 3.70. The van der Waals surface area contributed by atoms with Crippen LogP contribution in [0.5, 0.6) is 0 Å². The predicted octanol–water partition coefficient (Wildman–Crippen LogP) is 13.7. The third-order valence-corrected chi connectivity index (χ3v) is 18.3. The molecule has 0 saturated carbocycles. The molecule has 71 heavy (non-hydrogen) atoms. The van der Waals surface area contributed by atoms with E-state index in [1.165, 1.54) is 160 Å². The molecule has 2 nitrogen and oxygen atoms in total. The van der Waals surface area contributed by atoms with Gasteiger partial charge in [-0.1, -0.05) is 206 Å². The van der Waals surface area contributed by atoms with E-state index in [0.29, 0.717) is 0 Å². The molecule has 13 aromatic rings. The second-order valence-corrected chi connectivity index (χ2v) is 20.9. The molecule has 0 radical (unpaired) electrons. The zero-order chi connectivity index (χ0) is 45.6. The molecule has 0 N–H and O–H groups in total. The van der Waals surface area contributed by atoms with Crippen molar-refractivity contribution in [3.8, 4) is 55.9 Å². The summed E-state index contributed by atoms with van der Waals surface area (Å²) in [6, 6.07) is 87.1. The number of hydrogen-bond donors (Lipinski definition) is 0. The Bertz CT molecular complexity index is 4620. The quantitative estimate of drug-likeness (QED) is 0.145. The van der Waals surface area contributed by atoms with Gasteiger partial charge in [-0.15, -0.1) is 0 Å². The first-order valence-corrected chi connectivity index (χ1v) is 25.2. The molecular formula is C68H37BN2. The van der Waals surface area contributed by atoms with E-state index in [9.17, 15) is 0 Å². The highest BCUT2D eigenvalue weighted by molar-refractivity contribution is 7.00. The maximum absolute atomic E-state index is 2.73. The van der Waals surface area contributed by atoms with Gasteiger partial charge in [-0.3, -0.25) is 0 Å². The van der Waals surface area contributed by atoms with Crippen LogP contribution in [0.4, 0.5) is 0 Å². The second kappa shape index (κ2) is 11.9. The minimum absolute atomic E-state index is 0.00354. The number of rotatable bonds is 1. The summed E-state index contributed by atoms with van der Waals surface area (Å²) in [4.78, 5) is 0. The Morgan fingerprint density at radius 2 is 0.718 bits per heavy atom. The van der Waals surface area contributed by atoms with E-state index in [1.807, 2.05) is 0 Å². The van der Waals surface area contributed by atoms with E-state index < -0.39 is 10.8 Å². The van der Waals surface area contributed by atoms with Crippen molar-refractivity contribution < 1.29 is 0 Å². The molecular weight excluding hydrogens is 856 g/mol. The van der Waals surface area contributed by atoms with Gasteiger partial charge in [-0.25, -0.2) is 0 Å². The monoisotopic (exact) mass is 892 g/mol. The summed E-state index contributed by atoms with van der Waals surface area (Å²) in [6.07, 6.45) is 0. The number of para-hydroxylation sites is 4. The molecule has 2 spiro atoms. The van der Waals surface area contributed by atoms with Gasteiger partial charge in [0.25, 0.3) is 6.71 Å². The topological polar surface area (TPSA) is 9.86 Å². The summed E-state index contributed by atoms with van der Waals surface area (Å²) >= 11 is 0. The van der Waals surface area contributed by atoms with Crippen molar-refractivity contribution in [3.63, 3.8) is 0 Å². The molecule has 0 amide bonds. The fourth-order valence-electron chi connectivity index (χ4n) is 16.1. The third-order valence-electron chi connectivity index (χ3n) is 18.3. The normalized spacial score (nSPS) is 15.2. The molecule has 0 unspecified atom stereocenters. The van der Waals surface area contributed by atoms with Crippen molar-refractivity contribution in [1.82, 2.24) is 9.13 Å². The Morgan fingerprint density at radius 3 is 1.31 bits per heavy atom.